The van der Waals surface area contributed by atoms with E-state index in [1.807, 2.05) is 0 Å². The van der Waals surface area contributed by atoms with Crippen molar-refractivity contribution in [2.24, 2.45) is 17.3 Å². The minimum Gasteiger partial charge on any atom is -0.486 e. The van der Waals surface area contributed by atoms with Gasteiger partial charge in [-0.05, 0) is 124 Å². The molecule has 17 heteroatoms. The van der Waals surface area contributed by atoms with Crippen LogP contribution in [0.5, 0.6) is 11.5 Å². The number of aliphatic hydroxyl groups excluding tert-OH is 1. The van der Waals surface area contributed by atoms with Crippen molar-refractivity contribution in [2.45, 2.75) is 162 Å². The Balaban J connectivity index is 0.00000372. The smallest absolute Gasteiger partial charge is 0.486 e. The van der Waals surface area contributed by atoms with Crippen molar-refractivity contribution < 1.29 is 57.3 Å². The summed E-state index contributed by atoms with van der Waals surface area (Å²) in [6, 6.07) is 2.50. The highest BCUT2D eigenvalue weighted by atomic mass is 32.1. The van der Waals surface area contributed by atoms with Gasteiger partial charge in [0.05, 0.1) is 37.4 Å². The van der Waals surface area contributed by atoms with Crippen LogP contribution in [0.2, 0.25) is 6.32 Å². The van der Waals surface area contributed by atoms with Crippen LogP contribution < -0.4 is 9.47 Å². The molecule has 0 aromatic heterocycles. The summed E-state index contributed by atoms with van der Waals surface area (Å²) in [5.74, 6) is -0.0299. The van der Waals surface area contributed by atoms with Gasteiger partial charge >= 0.3 is 25.3 Å². The van der Waals surface area contributed by atoms with Crippen LogP contribution in [-0.4, -0.2) is 113 Å². The highest BCUT2D eigenvalue weighted by molar-refractivity contribution is 7.59. The van der Waals surface area contributed by atoms with E-state index in [9.17, 15) is 24.3 Å². The number of β-amino-alcohol motifs (C(OH)–C–C–N with tert-alkyl or cyclic N) is 1. The van der Waals surface area contributed by atoms with Crippen molar-refractivity contribution in [3.8, 4) is 11.5 Å². The van der Waals surface area contributed by atoms with Crippen LogP contribution in [0.4, 0.5) is 9.59 Å². The fourth-order valence-corrected chi connectivity index (χ4v) is 8.90. The lowest BCUT2D eigenvalue weighted by Crippen LogP contribution is -2.65. The third-order valence-electron chi connectivity index (χ3n) is 11.7. The van der Waals surface area contributed by atoms with Crippen molar-refractivity contribution in [3.05, 3.63) is 23.3 Å². The van der Waals surface area contributed by atoms with E-state index in [-0.39, 0.29) is 93.1 Å². The second-order valence-corrected chi connectivity index (χ2v) is 20.0. The molecule has 326 valence electrons. The maximum Gasteiger partial charge on any atom is 0.514 e. The standard InChI is InChI=1S/C41H61BN2O12.2H2S/c1-37(2,3)52-34(47)31-28(50-26-21-43(22-26)33(46)27-19-25(45)20-44(27)35(48)53-38(4,5)6)14-13-23(32(31)51-36(49)54-39(7,8)9)15-16-42-55-30-18-24-17-29(40(24,10)11)41(30,12)56-42;;/h13-14,24-27,29-30,45H,15-22H2,1-12H3;2*1H2/t24-,25-,27-,29-,30+,41-;;/m0../s1. The zero-order valence-corrected chi connectivity index (χ0v) is 38.2. The van der Waals surface area contributed by atoms with Crippen LogP contribution >= 0.6 is 27.0 Å². The first kappa shape index (κ1) is 47.8. The Hall–Kier alpha value is -2.86. The topological polar surface area (TPSA) is 160 Å². The largest absolute Gasteiger partial charge is 0.514 e. The first-order chi connectivity index (χ1) is 25.7. The Bertz CT molecular complexity index is 1720. The highest BCUT2D eigenvalue weighted by Crippen LogP contribution is 2.65. The fourth-order valence-electron chi connectivity index (χ4n) is 8.90. The Morgan fingerprint density at radius 1 is 0.862 bits per heavy atom. The monoisotopic (exact) mass is 852 g/mol. The summed E-state index contributed by atoms with van der Waals surface area (Å²) in [6.07, 6.45) is -0.109. The fraction of sp³-hybridized carbons (Fsp3) is 0.756. The number of esters is 1. The van der Waals surface area contributed by atoms with Crippen LogP contribution in [0.15, 0.2) is 12.1 Å². The van der Waals surface area contributed by atoms with Crippen molar-refractivity contribution in [1.82, 2.24) is 9.80 Å². The molecule has 1 aromatic carbocycles. The second-order valence-electron chi connectivity index (χ2n) is 20.0. The molecule has 6 aliphatic rings. The van der Waals surface area contributed by atoms with Crippen molar-refractivity contribution >= 4 is 58.2 Å². The average Bonchev–Trinajstić information content (AvgIpc) is 3.58. The molecule has 3 aliphatic heterocycles. The number of carbonyl (C=O) groups is 4. The number of aliphatic hydroxyl groups is 1. The molecular formula is C41H65BN2O12S2. The first-order valence-corrected chi connectivity index (χ1v) is 20.0. The molecule has 3 saturated carbocycles. The SMILES string of the molecule is CC(C)(C)OC(=O)Oc1c(CCB2O[C@@H]3C[C@@H]4C[C@@H](C4(C)C)[C@]3(C)O2)ccc(OC2CN(C(=O)[C@@H]3C[C@H](O)CN3C(=O)OC(C)(C)C)C2)c1C(=O)OC(C)(C)C.S.S. The number of benzene rings is 1. The zero-order valence-electron chi connectivity index (χ0n) is 36.2. The van der Waals surface area contributed by atoms with Crippen molar-refractivity contribution in [2.75, 3.05) is 19.6 Å². The number of rotatable bonds is 8. The lowest BCUT2D eigenvalue weighted by Gasteiger charge is -2.64. The summed E-state index contributed by atoms with van der Waals surface area (Å²) < 4.78 is 42.2. The Morgan fingerprint density at radius 2 is 1.48 bits per heavy atom. The van der Waals surface area contributed by atoms with Gasteiger partial charge < -0.3 is 43.0 Å². The van der Waals surface area contributed by atoms with Gasteiger partial charge in [-0.1, -0.05) is 19.9 Å². The van der Waals surface area contributed by atoms with Gasteiger partial charge in [0.25, 0.3) is 0 Å². The number of hydrogen-bond donors (Lipinski definition) is 1. The third-order valence-corrected chi connectivity index (χ3v) is 11.7. The van der Waals surface area contributed by atoms with Crippen LogP contribution in [0.25, 0.3) is 0 Å². The number of hydrogen-bond acceptors (Lipinski definition) is 12. The van der Waals surface area contributed by atoms with E-state index in [1.165, 1.54) is 9.80 Å². The minimum atomic E-state index is -0.997. The molecule has 3 saturated heterocycles. The maximum absolute atomic E-state index is 14.0. The van der Waals surface area contributed by atoms with Gasteiger partial charge in [0, 0.05) is 6.42 Å². The normalized spacial score (nSPS) is 27.5. The quantitative estimate of drug-likeness (QED) is 0.133. The van der Waals surface area contributed by atoms with Crippen LogP contribution in [0.1, 0.15) is 118 Å². The minimum absolute atomic E-state index is 0. The van der Waals surface area contributed by atoms with Gasteiger partial charge in [0.2, 0.25) is 5.91 Å². The van der Waals surface area contributed by atoms with Crippen LogP contribution in [0, 0.1) is 17.3 Å². The number of aryl methyl sites for hydroxylation is 1. The molecule has 2 bridgehead atoms. The summed E-state index contributed by atoms with van der Waals surface area (Å²) in [6.45, 7) is 22.6. The van der Waals surface area contributed by atoms with Gasteiger partial charge in [0.15, 0.2) is 5.75 Å². The van der Waals surface area contributed by atoms with E-state index in [2.05, 4.69) is 20.8 Å². The molecule has 7 rings (SSSR count). The highest BCUT2D eigenvalue weighted by Gasteiger charge is 2.67. The van der Waals surface area contributed by atoms with Gasteiger partial charge in [-0.2, -0.15) is 27.0 Å². The maximum atomic E-state index is 14.0. The molecule has 3 aliphatic carbocycles. The molecule has 1 aromatic rings. The molecule has 2 amide bonds. The number of carbonyl (C=O) groups excluding carboxylic acids is 4. The Kier molecular flexibility index (Phi) is 13.9. The molecular weight excluding hydrogens is 787 g/mol. The molecule has 1 N–H and O–H groups in total. The van der Waals surface area contributed by atoms with E-state index in [0.717, 1.165) is 12.8 Å². The van der Waals surface area contributed by atoms with Crippen molar-refractivity contribution in [1.29, 1.82) is 0 Å². The van der Waals surface area contributed by atoms with Gasteiger partial charge in [-0.3, -0.25) is 9.69 Å². The number of nitrogens with zero attached hydrogens (tertiary/aromatic N) is 2. The molecule has 0 spiro atoms. The average molecular weight is 853 g/mol. The molecule has 6 fully saturated rings. The van der Waals surface area contributed by atoms with Crippen molar-refractivity contribution in [3.63, 3.8) is 0 Å². The zero-order chi connectivity index (χ0) is 41.3. The molecule has 58 heavy (non-hydrogen) atoms. The predicted molar refractivity (Wildman–Crippen MR) is 226 cm³/mol. The molecule has 3 heterocycles. The molecule has 0 radical (unpaired) electrons. The van der Waals surface area contributed by atoms with Gasteiger partial charge in [-0.15, -0.1) is 0 Å². The van der Waals surface area contributed by atoms with E-state index in [4.69, 9.17) is 33.0 Å². The van der Waals surface area contributed by atoms with E-state index >= 15 is 0 Å². The summed E-state index contributed by atoms with van der Waals surface area (Å²) >= 11 is 0. The lowest BCUT2D eigenvalue weighted by atomic mass is 9.43. The van der Waals surface area contributed by atoms with Gasteiger partial charge in [-0.25, -0.2) is 14.4 Å². The van der Waals surface area contributed by atoms with Crippen LogP contribution in [-0.2, 0) is 34.7 Å². The van der Waals surface area contributed by atoms with Gasteiger partial charge in [0.1, 0.15) is 40.3 Å². The summed E-state index contributed by atoms with van der Waals surface area (Å²) in [7, 11) is -0.485. The Labute approximate surface area is 357 Å². The van der Waals surface area contributed by atoms with E-state index < -0.39 is 60.4 Å². The predicted octanol–water partition coefficient (Wildman–Crippen LogP) is 6.41. The number of amides is 2. The lowest BCUT2D eigenvalue weighted by molar-refractivity contribution is -0.199. The number of ether oxygens (including phenoxy) is 5. The molecule has 0 unspecified atom stereocenters. The van der Waals surface area contributed by atoms with E-state index in [1.54, 1.807) is 74.4 Å². The van der Waals surface area contributed by atoms with E-state index in [0.29, 0.717) is 30.1 Å². The Morgan fingerprint density at radius 3 is 2.07 bits per heavy atom. The van der Waals surface area contributed by atoms with Crippen LogP contribution in [0.3, 0.4) is 0 Å². The summed E-state index contributed by atoms with van der Waals surface area (Å²) in [5, 5.41) is 10.4. The molecule has 6 atom stereocenters. The summed E-state index contributed by atoms with van der Waals surface area (Å²) in [4.78, 5) is 56.6. The number of likely N-dealkylation sites (tertiary alicyclic amines) is 2. The first-order valence-electron chi connectivity index (χ1n) is 20.0. The molecule has 14 nitrogen and oxygen atoms in total. The third kappa shape index (κ3) is 10.2. The second kappa shape index (κ2) is 16.9. The summed E-state index contributed by atoms with van der Waals surface area (Å²) in [5.41, 5.74) is -2.28.